The minimum atomic E-state index is -1.61. The molecule has 34 heavy (non-hydrogen) atoms. The Morgan fingerprint density at radius 2 is 1.62 bits per heavy atom. The number of fused-ring (bicyclic) bond motifs is 1. The molecule has 0 aliphatic heterocycles. The van der Waals surface area contributed by atoms with Crippen molar-refractivity contribution in [3.8, 4) is 0 Å². The number of carbonyl (C=O) groups is 4. The summed E-state index contributed by atoms with van der Waals surface area (Å²) in [5.41, 5.74) is 6.84. The third-order valence-electron chi connectivity index (χ3n) is 5.13. The first-order chi connectivity index (χ1) is 16.1. The number of benzene rings is 1. The van der Waals surface area contributed by atoms with Gasteiger partial charge in [0.25, 0.3) is 0 Å². The maximum Gasteiger partial charge on any atom is 0.328 e. The lowest BCUT2D eigenvalue weighted by Crippen LogP contribution is -2.60. The van der Waals surface area contributed by atoms with Crippen LogP contribution in [0.1, 0.15) is 12.5 Å². The quantitative estimate of drug-likeness (QED) is 0.150. The highest BCUT2D eigenvalue weighted by Gasteiger charge is 2.32. The van der Waals surface area contributed by atoms with Crippen LogP contribution in [0.3, 0.4) is 0 Å². The van der Waals surface area contributed by atoms with Gasteiger partial charge in [0.15, 0.2) is 0 Å². The Kier molecular flexibility index (Phi) is 9.50. The number of rotatable bonds is 12. The molecule has 0 bridgehead atoms. The monoisotopic (exact) mass is 479 g/mol. The van der Waals surface area contributed by atoms with Crippen molar-refractivity contribution in [2.45, 2.75) is 43.6 Å². The van der Waals surface area contributed by atoms with E-state index in [0.717, 1.165) is 10.9 Å². The number of nitrogens with one attached hydrogen (secondary N) is 4. The van der Waals surface area contributed by atoms with Crippen LogP contribution in [-0.4, -0.2) is 92.6 Å². The first kappa shape index (κ1) is 26.7. The second kappa shape index (κ2) is 12.1. The molecule has 0 aliphatic carbocycles. The number of carbonyl (C=O) groups excluding carboxylic acids is 3. The van der Waals surface area contributed by atoms with Crippen LogP contribution in [0.5, 0.6) is 0 Å². The second-order valence-corrected chi connectivity index (χ2v) is 7.72. The fraction of sp³-hybridized carbons (Fsp3) is 0.429. The Morgan fingerprint density at radius 1 is 0.971 bits per heavy atom. The van der Waals surface area contributed by atoms with Gasteiger partial charge in [-0.25, -0.2) is 4.79 Å². The molecule has 0 radical (unpaired) electrons. The smallest absolute Gasteiger partial charge is 0.328 e. The van der Waals surface area contributed by atoms with Crippen LogP contribution in [0.15, 0.2) is 30.5 Å². The molecular formula is C21H29N5O8. The van der Waals surface area contributed by atoms with Gasteiger partial charge in [0.05, 0.1) is 19.3 Å². The highest BCUT2D eigenvalue weighted by molar-refractivity contribution is 5.95. The standard InChI is InChI=1S/C21H29N5O8/c1-10(29)17(26-18(30)13(22)8-27)20(32)24-15(19(31)25-16(9-28)21(33)34)6-11-7-23-14-5-3-2-4-12(11)14/h2-5,7,10,13,15-17,23,27-29H,6,8-9,22H2,1H3,(H,24,32)(H,25,31)(H,26,30)(H,33,34). The van der Waals surface area contributed by atoms with Crippen LogP contribution in [-0.2, 0) is 25.6 Å². The molecule has 1 heterocycles. The third kappa shape index (κ3) is 6.74. The van der Waals surface area contributed by atoms with Crippen molar-refractivity contribution in [1.82, 2.24) is 20.9 Å². The van der Waals surface area contributed by atoms with Gasteiger partial charge in [-0.1, -0.05) is 18.2 Å². The lowest BCUT2D eigenvalue weighted by Gasteiger charge is -2.26. The van der Waals surface area contributed by atoms with Gasteiger partial charge in [-0.15, -0.1) is 0 Å². The molecule has 0 aliphatic rings. The molecule has 13 nitrogen and oxygen atoms in total. The average Bonchev–Trinajstić information content (AvgIpc) is 3.21. The van der Waals surface area contributed by atoms with Crippen LogP contribution in [0.4, 0.5) is 0 Å². The Hall–Kier alpha value is -3.52. The van der Waals surface area contributed by atoms with Crippen molar-refractivity contribution < 1.29 is 39.6 Å². The summed E-state index contributed by atoms with van der Waals surface area (Å²) in [6.07, 6.45) is 0.165. The van der Waals surface area contributed by atoms with Gasteiger partial charge in [0.2, 0.25) is 17.7 Å². The van der Waals surface area contributed by atoms with Crippen LogP contribution in [0, 0.1) is 0 Å². The van der Waals surface area contributed by atoms with Gasteiger partial charge in [0, 0.05) is 23.5 Å². The number of aromatic nitrogens is 1. The van der Waals surface area contributed by atoms with Crippen molar-refractivity contribution in [3.63, 3.8) is 0 Å². The predicted octanol–water partition coefficient (Wildman–Crippen LogP) is -3.06. The number of H-pyrrole nitrogens is 1. The number of amides is 3. The molecule has 0 saturated carbocycles. The zero-order valence-corrected chi connectivity index (χ0v) is 18.4. The maximum absolute atomic E-state index is 12.9. The largest absolute Gasteiger partial charge is 0.480 e. The van der Waals surface area contributed by atoms with E-state index in [2.05, 4.69) is 20.9 Å². The third-order valence-corrected chi connectivity index (χ3v) is 5.13. The molecule has 186 valence electrons. The van der Waals surface area contributed by atoms with E-state index in [1.54, 1.807) is 24.4 Å². The fourth-order valence-electron chi connectivity index (χ4n) is 3.20. The summed E-state index contributed by atoms with van der Waals surface area (Å²) in [4.78, 5) is 52.0. The van der Waals surface area contributed by atoms with Gasteiger partial charge in [-0.2, -0.15) is 0 Å². The molecule has 2 rings (SSSR count). The summed E-state index contributed by atoms with van der Waals surface area (Å²) < 4.78 is 0. The van der Waals surface area contributed by atoms with E-state index >= 15 is 0 Å². The summed E-state index contributed by atoms with van der Waals surface area (Å²) >= 11 is 0. The van der Waals surface area contributed by atoms with E-state index in [1.807, 2.05) is 6.07 Å². The van der Waals surface area contributed by atoms with Gasteiger partial charge in [-0.05, 0) is 18.6 Å². The van der Waals surface area contributed by atoms with Crippen LogP contribution in [0.2, 0.25) is 0 Å². The molecule has 0 spiro atoms. The van der Waals surface area contributed by atoms with Crippen molar-refractivity contribution in [3.05, 3.63) is 36.0 Å². The summed E-state index contributed by atoms with van der Waals surface area (Å²) in [6.45, 7) is -0.334. The van der Waals surface area contributed by atoms with Crippen LogP contribution < -0.4 is 21.7 Å². The Balaban J connectivity index is 2.29. The molecule has 1 aromatic heterocycles. The maximum atomic E-state index is 12.9. The minimum absolute atomic E-state index is 0.0734. The van der Waals surface area contributed by atoms with Crippen molar-refractivity contribution >= 4 is 34.6 Å². The van der Waals surface area contributed by atoms with Crippen LogP contribution >= 0.6 is 0 Å². The highest BCUT2D eigenvalue weighted by atomic mass is 16.4. The number of aliphatic hydroxyl groups excluding tert-OH is 3. The van der Waals surface area contributed by atoms with Gasteiger partial charge >= 0.3 is 5.97 Å². The van der Waals surface area contributed by atoms with E-state index < -0.39 is 67.2 Å². The number of hydrogen-bond donors (Lipinski definition) is 9. The Morgan fingerprint density at radius 3 is 2.21 bits per heavy atom. The minimum Gasteiger partial charge on any atom is -0.480 e. The second-order valence-electron chi connectivity index (χ2n) is 7.72. The van der Waals surface area contributed by atoms with E-state index in [9.17, 15) is 29.4 Å². The van der Waals surface area contributed by atoms with E-state index in [-0.39, 0.29) is 6.42 Å². The number of aliphatic hydroxyl groups is 3. The SMILES string of the molecule is CC(O)C(NC(=O)C(N)CO)C(=O)NC(Cc1c[nH]c2ccccc12)C(=O)NC(CO)C(=O)O. The average molecular weight is 479 g/mol. The number of aliphatic carboxylic acids is 1. The highest BCUT2D eigenvalue weighted by Crippen LogP contribution is 2.19. The molecule has 0 fully saturated rings. The number of nitrogens with two attached hydrogens (primary N) is 1. The lowest BCUT2D eigenvalue weighted by atomic mass is 10.0. The van der Waals surface area contributed by atoms with E-state index in [1.165, 1.54) is 6.92 Å². The first-order valence-corrected chi connectivity index (χ1v) is 10.4. The van der Waals surface area contributed by atoms with Gasteiger partial charge < -0.3 is 47.1 Å². The Labute approximate surface area is 194 Å². The number of aromatic amines is 1. The number of carboxylic acid groups (broad SMARTS) is 1. The lowest BCUT2D eigenvalue weighted by molar-refractivity contribution is -0.143. The molecule has 1 aromatic carbocycles. The zero-order valence-electron chi connectivity index (χ0n) is 18.4. The van der Waals surface area contributed by atoms with Crippen molar-refractivity contribution in [1.29, 1.82) is 0 Å². The molecule has 2 aromatic rings. The zero-order chi connectivity index (χ0) is 25.4. The normalized spacial score (nSPS) is 15.6. The summed E-state index contributed by atoms with van der Waals surface area (Å²) in [5.74, 6) is -4.21. The Bertz CT molecular complexity index is 1020. The predicted molar refractivity (Wildman–Crippen MR) is 119 cm³/mol. The number of para-hydroxylation sites is 1. The molecule has 13 heteroatoms. The summed E-state index contributed by atoms with van der Waals surface area (Å²) in [7, 11) is 0. The summed E-state index contributed by atoms with van der Waals surface area (Å²) in [5, 5.41) is 44.9. The van der Waals surface area contributed by atoms with Crippen molar-refractivity contribution in [2.24, 2.45) is 5.73 Å². The topological polar surface area (TPSA) is 227 Å². The molecule has 5 atom stereocenters. The van der Waals surface area contributed by atoms with Gasteiger partial charge in [-0.3, -0.25) is 14.4 Å². The fourth-order valence-corrected chi connectivity index (χ4v) is 3.20. The number of carboxylic acids is 1. The molecule has 0 saturated heterocycles. The molecule has 3 amide bonds. The van der Waals surface area contributed by atoms with Gasteiger partial charge in [0.1, 0.15) is 24.2 Å². The molecular weight excluding hydrogens is 450 g/mol. The number of hydrogen-bond acceptors (Lipinski definition) is 8. The van der Waals surface area contributed by atoms with E-state index in [4.69, 9.17) is 15.9 Å². The summed E-state index contributed by atoms with van der Waals surface area (Å²) in [6, 6.07) is 1.40. The first-order valence-electron chi connectivity index (χ1n) is 10.4. The van der Waals surface area contributed by atoms with Crippen molar-refractivity contribution in [2.75, 3.05) is 13.2 Å². The molecule has 10 N–H and O–H groups in total. The van der Waals surface area contributed by atoms with Crippen LogP contribution in [0.25, 0.3) is 10.9 Å². The van der Waals surface area contributed by atoms with E-state index in [0.29, 0.717) is 5.56 Å². The molecule has 5 unspecified atom stereocenters.